The summed E-state index contributed by atoms with van der Waals surface area (Å²) < 4.78 is 2.16. The molecule has 0 bridgehead atoms. The molecule has 3 heterocycles. The molecule has 0 spiro atoms. The van der Waals surface area contributed by atoms with Crippen LogP contribution in [-0.4, -0.2) is 38.8 Å². The highest BCUT2D eigenvalue weighted by atomic mass is 15.4. The molecule has 2 unspecified atom stereocenters. The van der Waals surface area contributed by atoms with Gasteiger partial charge in [-0.3, -0.25) is 0 Å². The normalized spacial score (nSPS) is 28.6. The van der Waals surface area contributed by atoms with E-state index in [1.54, 1.807) is 0 Å². The third-order valence-electron chi connectivity index (χ3n) is 4.68. The molecule has 0 N–H and O–H groups in total. The van der Waals surface area contributed by atoms with Crippen molar-refractivity contribution in [2.45, 2.75) is 65.0 Å². The van der Waals surface area contributed by atoms with Gasteiger partial charge in [0, 0.05) is 31.5 Å². The predicted octanol–water partition coefficient (Wildman–Crippen LogP) is 2.45. The first kappa shape index (κ1) is 13.1. The van der Waals surface area contributed by atoms with Crippen LogP contribution in [0.5, 0.6) is 0 Å². The minimum atomic E-state index is 0.546. The second-order valence-corrected chi connectivity index (χ2v) is 6.64. The van der Waals surface area contributed by atoms with Gasteiger partial charge in [0.25, 0.3) is 0 Å². The average molecular weight is 262 g/mol. The van der Waals surface area contributed by atoms with Gasteiger partial charge in [-0.05, 0) is 45.6 Å². The molecule has 4 nitrogen and oxygen atoms in total. The number of likely N-dealkylation sites (tertiary alicyclic amines) is 1. The van der Waals surface area contributed by atoms with Crippen LogP contribution in [-0.2, 0) is 13.0 Å². The lowest BCUT2D eigenvalue weighted by Crippen LogP contribution is -2.39. The Labute approximate surface area is 116 Å². The molecule has 106 valence electrons. The van der Waals surface area contributed by atoms with E-state index in [4.69, 9.17) is 10.1 Å². The average Bonchev–Trinajstić information content (AvgIpc) is 2.81. The Kier molecular flexibility index (Phi) is 3.61. The number of fused-ring (bicyclic) bond motifs is 1. The molecule has 0 amide bonds. The fourth-order valence-corrected chi connectivity index (χ4v) is 3.34. The molecule has 0 aromatic carbocycles. The van der Waals surface area contributed by atoms with Crippen molar-refractivity contribution in [2.24, 2.45) is 5.92 Å². The standard InChI is InChI=1S/C15H26N4/c1-11(2)18-7-4-5-13(10-18)15-16-14-9-12(3)6-8-19(14)17-15/h11-13H,4-10H2,1-3H3. The van der Waals surface area contributed by atoms with Gasteiger partial charge in [-0.1, -0.05) is 6.92 Å². The zero-order chi connectivity index (χ0) is 13.4. The fourth-order valence-electron chi connectivity index (χ4n) is 3.34. The fraction of sp³-hybridized carbons (Fsp3) is 0.867. The summed E-state index contributed by atoms with van der Waals surface area (Å²) >= 11 is 0. The number of hydrogen-bond acceptors (Lipinski definition) is 3. The summed E-state index contributed by atoms with van der Waals surface area (Å²) in [6.07, 6.45) is 4.89. The van der Waals surface area contributed by atoms with E-state index in [0.717, 1.165) is 31.3 Å². The van der Waals surface area contributed by atoms with Gasteiger partial charge >= 0.3 is 0 Å². The van der Waals surface area contributed by atoms with Crippen molar-refractivity contribution >= 4 is 0 Å². The molecule has 4 heteroatoms. The van der Waals surface area contributed by atoms with E-state index in [9.17, 15) is 0 Å². The largest absolute Gasteiger partial charge is 0.300 e. The molecular formula is C15H26N4. The van der Waals surface area contributed by atoms with Gasteiger partial charge in [-0.15, -0.1) is 0 Å². The second kappa shape index (κ2) is 5.23. The highest BCUT2D eigenvalue weighted by Gasteiger charge is 2.28. The maximum atomic E-state index is 4.84. The Morgan fingerprint density at radius 3 is 2.84 bits per heavy atom. The topological polar surface area (TPSA) is 34.0 Å². The second-order valence-electron chi connectivity index (χ2n) is 6.64. The van der Waals surface area contributed by atoms with Crippen LogP contribution in [0.3, 0.4) is 0 Å². The Bertz CT molecular complexity index is 437. The van der Waals surface area contributed by atoms with Gasteiger partial charge in [-0.25, -0.2) is 9.67 Å². The van der Waals surface area contributed by atoms with Gasteiger partial charge in [0.15, 0.2) is 5.82 Å². The van der Waals surface area contributed by atoms with Crippen LogP contribution in [0.25, 0.3) is 0 Å². The number of aryl methyl sites for hydroxylation is 1. The predicted molar refractivity (Wildman–Crippen MR) is 76.2 cm³/mol. The molecule has 1 aromatic rings. The molecule has 3 rings (SSSR count). The lowest BCUT2D eigenvalue weighted by Gasteiger charge is -2.34. The van der Waals surface area contributed by atoms with Crippen molar-refractivity contribution in [3.8, 4) is 0 Å². The molecule has 1 fully saturated rings. The van der Waals surface area contributed by atoms with Crippen LogP contribution in [0.4, 0.5) is 0 Å². The molecule has 1 saturated heterocycles. The van der Waals surface area contributed by atoms with Gasteiger partial charge < -0.3 is 4.90 Å². The zero-order valence-corrected chi connectivity index (χ0v) is 12.5. The monoisotopic (exact) mass is 262 g/mol. The number of hydrogen-bond donors (Lipinski definition) is 0. The van der Waals surface area contributed by atoms with E-state index in [-0.39, 0.29) is 0 Å². The smallest absolute Gasteiger partial charge is 0.155 e. The molecule has 0 radical (unpaired) electrons. The molecule has 1 aromatic heterocycles. The summed E-state index contributed by atoms with van der Waals surface area (Å²) in [4.78, 5) is 7.41. The third-order valence-corrected chi connectivity index (χ3v) is 4.68. The molecular weight excluding hydrogens is 236 g/mol. The Morgan fingerprint density at radius 2 is 2.05 bits per heavy atom. The van der Waals surface area contributed by atoms with Gasteiger partial charge in [-0.2, -0.15) is 5.10 Å². The van der Waals surface area contributed by atoms with Crippen molar-refractivity contribution in [3.05, 3.63) is 11.6 Å². The Morgan fingerprint density at radius 1 is 1.21 bits per heavy atom. The molecule has 2 atom stereocenters. The first-order valence-corrected chi connectivity index (χ1v) is 7.81. The third kappa shape index (κ3) is 2.69. The van der Waals surface area contributed by atoms with Crippen molar-refractivity contribution in [2.75, 3.05) is 13.1 Å². The summed E-state index contributed by atoms with van der Waals surface area (Å²) in [5.41, 5.74) is 0. The quantitative estimate of drug-likeness (QED) is 0.821. The lowest BCUT2D eigenvalue weighted by atomic mass is 9.96. The summed E-state index contributed by atoms with van der Waals surface area (Å²) in [6.45, 7) is 10.3. The summed E-state index contributed by atoms with van der Waals surface area (Å²) in [5.74, 6) is 3.64. The van der Waals surface area contributed by atoms with Gasteiger partial charge in [0.2, 0.25) is 0 Å². The zero-order valence-electron chi connectivity index (χ0n) is 12.5. The first-order chi connectivity index (χ1) is 9.13. The van der Waals surface area contributed by atoms with Crippen LogP contribution in [0, 0.1) is 5.92 Å². The van der Waals surface area contributed by atoms with Crippen LogP contribution < -0.4 is 0 Å². The summed E-state index contributed by atoms with van der Waals surface area (Å²) in [5, 5.41) is 4.78. The van der Waals surface area contributed by atoms with Crippen LogP contribution in [0.2, 0.25) is 0 Å². The van der Waals surface area contributed by atoms with E-state index in [0.29, 0.717) is 12.0 Å². The number of nitrogens with zero attached hydrogens (tertiary/aromatic N) is 4. The maximum absolute atomic E-state index is 4.84. The molecule has 2 aliphatic heterocycles. The summed E-state index contributed by atoms with van der Waals surface area (Å²) in [6, 6.07) is 0.639. The van der Waals surface area contributed by atoms with Crippen LogP contribution in [0.15, 0.2) is 0 Å². The summed E-state index contributed by atoms with van der Waals surface area (Å²) in [7, 11) is 0. The van der Waals surface area contributed by atoms with Crippen LogP contribution in [0.1, 0.15) is 57.6 Å². The Balaban J connectivity index is 1.75. The highest BCUT2D eigenvalue weighted by Crippen LogP contribution is 2.27. The van der Waals surface area contributed by atoms with E-state index >= 15 is 0 Å². The van der Waals surface area contributed by atoms with Crippen LogP contribution >= 0.6 is 0 Å². The first-order valence-electron chi connectivity index (χ1n) is 7.81. The van der Waals surface area contributed by atoms with Crippen molar-refractivity contribution in [1.29, 1.82) is 0 Å². The van der Waals surface area contributed by atoms with E-state index in [1.807, 2.05) is 0 Å². The molecule has 0 aliphatic carbocycles. The van der Waals surface area contributed by atoms with Crippen molar-refractivity contribution in [3.63, 3.8) is 0 Å². The highest BCUT2D eigenvalue weighted by molar-refractivity contribution is 5.04. The van der Waals surface area contributed by atoms with E-state index < -0.39 is 0 Å². The molecule has 2 aliphatic rings. The number of rotatable bonds is 2. The lowest BCUT2D eigenvalue weighted by molar-refractivity contribution is 0.164. The van der Waals surface area contributed by atoms with Gasteiger partial charge in [0.05, 0.1) is 0 Å². The van der Waals surface area contributed by atoms with E-state index in [1.165, 1.54) is 31.6 Å². The Hall–Kier alpha value is -0.900. The van der Waals surface area contributed by atoms with Crippen molar-refractivity contribution in [1.82, 2.24) is 19.7 Å². The van der Waals surface area contributed by atoms with Gasteiger partial charge in [0.1, 0.15) is 5.82 Å². The minimum absolute atomic E-state index is 0.546. The maximum Gasteiger partial charge on any atom is 0.155 e. The molecule has 19 heavy (non-hydrogen) atoms. The number of aromatic nitrogens is 3. The van der Waals surface area contributed by atoms with E-state index in [2.05, 4.69) is 30.4 Å². The number of piperidine rings is 1. The minimum Gasteiger partial charge on any atom is -0.300 e. The molecule has 0 saturated carbocycles. The SMILES string of the molecule is CC1CCn2nc(C3CCCN(C(C)C)C3)nc2C1. The van der Waals surface area contributed by atoms with Crippen molar-refractivity contribution < 1.29 is 0 Å².